The fourth-order valence-corrected chi connectivity index (χ4v) is 4.31. The lowest BCUT2D eigenvalue weighted by Gasteiger charge is -2.34. The minimum absolute atomic E-state index is 0.260. The molecule has 7 heteroatoms. The number of carboxylic acids is 3. The van der Waals surface area contributed by atoms with E-state index in [1.807, 2.05) is 0 Å². The van der Waals surface area contributed by atoms with E-state index in [0.29, 0.717) is 6.42 Å². The lowest BCUT2D eigenvalue weighted by molar-refractivity contribution is -0.907. The quantitative estimate of drug-likeness (QED) is 0.0923. The summed E-state index contributed by atoms with van der Waals surface area (Å²) in [6.45, 7) is 1.07. The molecule has 0 bridgehead atoms. The summed E-state index contributed by atoms with van der Waals surface area (Å²) in [5, 5.41) is 27.4. The second kappa shape index (κ2) is 20.7. The minimum atomic E-state index is -1.17. The molecule has 0 aliphatic carbocycles. The number of nitrogens with zero attached hydrogens (tertiary/aromatic N) is 1. The smallest absolute Gasteiger partial charge is 0.359 e. The van der Waals surface area contributed by atoms with E-state index in [1.54, 1.807) is 0 Å². The predicted octanol–water partition coefficient (Wildman–Crippen LogP) is 5.87. The molecule has 33 heavy (non-hydrogen) atoms. The van der Waals surface area contributed by atoms with Gasteiger partial charge in [0, 0.05) is 0 Å². The molecule has 0 atom stereocenters. The number of aliphatic carboxylic acids is 3. The van der Waals surface area contributed by atoms with Crippen LogP contribution in [0.15, 0.2) is 12.2 Å². The number of quaternary nitrogens is 1. The van der Waals surface area contributed by atoms with Gasteiger partial charge < -0.3 is 15.3 Å². The normalized spacial score (nSPS) is 11.8. The second-order valence-corrected chi connectivity index (χ2v) is 9.37. The molecule has 0 radical (unpaired) electrons. The van der Waals surface area contributed by atoms with E-state index < -0.39 is 42.0 Å². The van der Waals surface area contributed by atoms with E-state index in [4.69, 9.17) is 15.3 Å². The first kappa shape index (κ1) is 31.1. The molecule has 0 fully saturated rings. The molecule has 0 aromatic rings. The maximum Gasteiger partial charge on any atom is 0.359 e. The molecule has 0 unspecified atom stereocenters. The van der Waals surface area contributed by atoms with E-state index >= 15 is 0 Å². The van der Waals surface area contributed by atoms with E-state index in [9.17, 15) is 14.4 Å². The van der Waals surface area contributed by atoms with Gasteiger partial charge in [-0.1, -0.05) is 83.3 Å². The Hall–Kier alpha value is -1.89. The predicted molar refractivity (Wildman–Crippen MR) is 131 cm³/mol. The number of rotatable bonds is 24. The van der Waals surface area contributed by atoms with Crippen molar-refractivity contribution in [2.24, 2.45) is 0 Å². The number of carbonyl (C=O) groups is 3. The zero-order valence-electron chi connectivity index (χ0n) is 20.8. The average Bonchev–Trinajstić information content (AvgIpc) is 2.71. The highest BCUT2D eigenvalue weighted by Gasteiger charge is 2.35. The van der Waals surface area contributed by atoms with Crippen molar-refractivity contribution in [3.8, 4) is 0 Å². The number of unbranched alkanes of at least 4 members (excludes halogenated alkanes) is 14. The molecular weight excluding hydrogens is 422 g/mol. The third-order valence-corrected chi connectivity index (χ3v) is 6.06. The van der Waals surface area contributed by atoms with Crippen LogP contribution in [0.25, 0.3) is 0 Å². The monoisotopic (exact) mass is 470 g/mol. The Morgan fingerprint density at radius 3 is 1.24 bits per heavy atom. The summed E-state index contributed by atoms with van der Waals surface area (Å²) in [6.07, 6.45) is 23.5. The molecule has 0 amide bonds. The van der Waals surface area contributed by atoms with Crippen LogP contribution in [0.4, 0.5) is 0 Å². The number of hydrogen-bond acceptors (Lipinski definition) is 3. The van der Waals surface area contributed by atoms with E-state index in [-0.39, 0.29) is 6.54 Å². The third kappa shape index (κ3) is 20.4. The molecule has 0 aliphatic heterocycles. The summed E-state index contributed by atoms with van der Waals surface area (Å²) >= 11 is 0. The lowest BCUT2D eigenvalue weighted by atomic mass is 10.1. The van der Waals surface area contributed by atoms with Crippen LogP contribution in [-0.2, 0) is 14.4 Å². The highest BCUT2D eigenvalue weighted by Crippen LogP contribution is 2.14. The Balaban J connectivity index is 3.81. The van der Waals surface area contributed by atoms with E-state index in [0.717, 1.165) is 25.7 Å². The van der Waals surface area contributed by atoms with Crippen molar-refractivity contribution >= 4 is 17.9 Å². The van der Waals surface area contributed by atoms with Crippen molar-refractivity contribution < 1.29 is 34.2 Å². The van der Waals surface area contributed by atoms with Gasteiger partial charge in [-0.25, -0.2) is 14.4 Å². The zero-order valence-corrected chi connectivity index (χ0v) is 20.8. The Morgan fingerprint density at radius 2 is 0.879 bits per heavy atom. The standard InChI is InChI=1S/C26H47NO6/c1-2-3-4-5-6-7-8-9-10-11-12-13-14-15-16-17-18-19-20-27(21-24(28)29,22-25(30)31)23-26(32)33/h9-10H,2-8,11-23H2,1H3,(H2-,28,29,30,31,32,33)/p+1/b10-9+. The Labute approximate surface area is 200 Å². The summed E-state index contributed by atoms with van der Waals surface area (Å²) in [5.41, 5.74) is 0. The molecule has 3 N–H and O–H groups in total. The maximum atomic E-state index is 11.2. The molecule has 0 rings (SSSR count). The van der Waals surface area contributed by atoms with Gasteiger partial charge in [-0.15, -0.1) is 0 Å². The highest BCUT2D eigenvalue weighted by atomic mass is 16.4. The minimum Gasteiger partial charge on any atom is -0.477 e. The van der Waals surface area contributed by atoms with Gasteiger partial charge in [0.1, 0.15) is 0 Å². The molecule has 0 aliphatic rings. The molecule has 0 saturated carbocycles. The Morgan fingerprint density at radius 1 is 0.545 bits per heavy atom. The van der Waals surface area contributed by atoms with Gasteiger partial charge in [0.05, 0.1) is 6.54 Å². The molecular formula is C26H48NO6+. The maximum absolute atomic E-state index is 11.2. The van der Waals surface area contributed by atoms with Gasteiger partial charge in [0.15, 0.2) is 19.6 Å². The van der Waals surface area contributed by atoms with Crippen molar-refractivity contribution in [2.45, 2.75) is 110 Å². The second-order valence-electron chi connectivity index (χ2n) is 9.37. The van der Waals surface area contributed by atoms with Gasteiger partial charge in [0.25, 0.3) is 0 Å². The topological polar surface area (TPSA) is 112 Å². The first-order chi connectivity index (χ1) is 15.8. The van der Waals surface area contributed by atoms with Crippen molar-refractivity contribution in [3.63, 3.8) is 0 Å². The van der Waals surface area contributed by atoms with Crippen molar-refractivity contribution in [1.29, 1.82) is 0 Å². The fraction of sp³-hybridized carbons (Fsp3) is 0.808. The van der Waals surface area contributed by atoms with Crippen LogP contribution >= 0.6 is 0 Å². The Kier molecular flexibility index (Phi) is 19.5. The third-order valence-electron chi connectivity index (χ3n) is 6.06. The number of allylic oxidation sites excluding steroid dienone is 2. The molecule has 0 heterocycles. The summed E-state index contributed by atoms with van der Waals surface area (Å²) in [7, 11) is 0. The summed E-state index contributed by atoms with van der Waals surface area (Å²) in [5.74, 6) is -3.51. The molecule has 0 spiro atoms. The van der Waals surface area contributed by atoms with Crippen molar-refractivity contribution in [1.82, 2.24) is 0 Å². The largest absolute Gasteiger partial charge is 0.477 e. The van der Waals surface area contributed by atoms with Gasteiger partial charge >= 0.3 is 17.9 Å². The molecule has 0 saturated heterocycles. The summed E-state index contributed by atoms with van der Waals surface area (Å²) in [4.78, 5) is 33.5. The van der Waals surface area contributed by atoms with Gasteiger partial charge in [-0.05, 0) is 38.5 Å². The average molecular weight is 471 g/mol. The van der Waals surface area contributed by atoms with Crippen molar-refractivity contribution in [2.75, 3.05) is 26.2 Å². The van der Waals surface area contributed by atoms with Crippen LogP contribution in [0.2, 0.25) is 0 Å². The first-order valence-electron chi connectivity index (χ1n) is 13.0. The van der Waals surface area contributed by atoms with Gasteiger partial charge in [-0.2, -0.15) is 0 Å². The molecule has 0 aromatic carbocycles. The van der Waals surface area contributed by atoms with Crippen molar-refractivity contribution in [3.05, 3.63) is 12.2 Å². The van der Waals surface area contributed by atoms with Crippen LogP contribution in [0.5, 0.6) is 0 Å². The summed E-state index contributed by atoms with van der Waals surface area (Å²) < 4.78 is -0.438. The summed E-state index contributed by atoms with van der Waals surface area (Å²) in [6, 6.07) is 0. The van der Waals surface area contributed by atoms with Crippen LogP contribution in [-0.4, -0.2) is 63.9 Å². The fourth-order valence-electron chi connectivity index (χ4n) is 4.31. The highest BCUT2D eigenvalue weighted by molar-refractivity contribution is 5.73. The zero-order chi connectivity index (χ0) is 24.8. The van der Waals surface area contributed by atoms with Crippen LogP contribution in [0.3, 0.4) is 0 Å². The number of hydrogen-bond donors (Lipinski definition) is 3. The molecule has 192 valence electrons. The number of carboxylic acid groups (broad SMARTS) is 3. The van der Waals surface area contributed by atoms with E-state index in [2.05, 4.69) is 19.1 Å². The lowest BCUT2D eigenvalue weighted by Crippen LogP contribution is -2.57. The van der Waals surface area contributed by atoms with Crippen LogP contribution in [0, 0.1) is 0 Å². The Bertz CT molecular complexity index is 520. The first-order valence-corrected chi connectivity index (χ1v) is 13.0. The SMILES string of the molecule is CCCCCCCC/C=C/CCCCCCCCCC[N+](CC(=O)O)(CC(=O)O)CC(=O)O. The van der Waals surface area contributed by atoms with Gasteiger partial charge in [0.2, 0.25) is 0 Å². The van der Waals surface area contributed by atoms with Gasteiger partial charge in [-0.3, -0.25) is 4.48 Å². The molecule has 7 nitrogen and oxygen atoms in total. The molecule has 0 aromatic heterocycles. The van der Waals surface area contributed by atoms with Crippen LogP contribution in [0.1, 0.15) is 110 Å². The van der Waals surface area contributed by atoms with E-state index in [1.165, 1.54) is 70.6 Å². The van der Waals surface area contributed by atoms with Crippen LogP contribution < -0.4 is 0 Å².